The Bertz CT molecular complexity index is 891. The number of aromatic nitrogens is 3. The van der Waals surface area contributed by atoms with E-state index < -0.39 is 0 Å². The molecule has 2 amide bonds. The van der Waals surface area contributed by atoms with Crippen LogP contribution >= 0.6 is 0 Å². The number of likely N-dealkylation sites (tertiary alicyclic amines) is 1. The molecule has 2 aliphatic heterocycles. The van der Waals surface area contributed by atoms with E-state index in [4.69, 9.17) is 9.26 Å². The maximum absolute atomic E-state index is 12.8. The summed E-state index contributed by atoms with van der Waals surface area (Å²) in [4.78, 5) is 34.6. The first-order chi connectivity index (χ1) is 12.7. The molecule has 1 saturated carbocycles. The van der Waals surface area contributed by atoms with Gasteiger partial charge in [-0.2, -0.15) is 4.98 Å². The molecule has 134 valence electrons. The van der Waals surface area contributed by atoms with Crippen molar-refractivity contribution in [3.63, 3.8) is 0 Å². The lowest BCUT2D eigenvalue weighted by molar-refractivity contribution is -0.118. The summed E-state index contributed by atoms with van der Waals surface area (Å²) in [6.45, 7) is 1.09. The fourth-order valence-corrected chi connectivity index (χ4v) is 3.34. The van der Waals surface area contributed by atoms with Crippen LogP contribution in [-0.2, 0) is 4.79 Å². The third-order valence-corrected chi connectivity index (χ3v) is 4.94. The molecule has 0 radical (unpaired) electrons. The molecule has 3 aliphatic rings. The van der Waals surface area contributed by atoms with Gasteiger partial charge in [-0.1, -0.05) is 5.16 Å². The molecule has 1 atom stereocenters. The number of nitrogens with zero attached hydrogens (tertiary/aromatic N) is 4. The number of amides is 2. The minimum absolute atomic E-state index is 0.0614. The number of hydrogen-bond donors (Lipinski definition) is 1. The van der Waals surface area contributed by atoms with Gasteiger partial charge in [-0.25, -0.2) is 4.98 Å². The van der Waals surface area contributed by atoms with Gasteiger partial charge in [0.2, 0.25) is 11.8 Å². The van der Waals surface area contributed by atoms with Gasteiger partial charge in [0.05, 0.1) is 11.5 Å². The maximum atomic E-state index is 12.8. The van der Waals surface area contributed by atoms with Gasteiger partial charge in [0.25, 0.3) is 11.8 Å². The second kappa shape index (κ2) is 5.79. The van der Waals surface area contributed by atoms with E-state index in [-0.39, 0.29) is 24.3 Å². The van der Waals surface area contributed by atoms with Crippen molar-refractivity contribution < 1.29 is 18.8 Å². The average Bonchev–Trinajstić information content (AvgIpc) is 3.19. The van der Waals surface area contributed by atoms with Crippen LogP contribution in [-0.4, -0.2) is 51.5 Å². The van der Waals surface area contributed by atoms with Crippen molar-refractivity contribution in [3.05, 3.63) is 29.5 Å². The van der Waals surface area contributed by atoms with Gasteiger partial charge in [0.1, 0.15) is 5.69 Å². The number of ether oxygens (including phenoxy) is 1. The molecule has 1 aliphatic carbocycles. The molecule has 4 heterocycles. The van der Waals surface area contributed by atoms with E-state index in [2.05, 4.69) is 20.4 Å². The van der Waals surface area contributed by atoms with Crippen molar-refractivity contribution in [3.8, 4) is 5.88 Å². The van der Waals surface area contributed by atoms with Gasteiger partial charge in [0.15, 0.2) is 12.4 Å². The van der Waals surface area contributed by atoms with Crippen molar-refractivity contribution in [2.45, 2.75) is 31.1 Å². The average molecular weight is 355 g/mol. The molecular weight excluding hydrogens is 338 g/mol. The molecule has 1 saturated heterocycles. The van der Waals surface area contributed by atoms with Gasteiger partial charge in [-0.15, -0.1) is 0 Å². The Hall–Kier alpha value is -2.97. The monoisotopic (exact) mass is 355 g/mol. The number of nitrogens with one attached hydrogen (secondary N) is 1. The summed E-state index contributed by atoms with van der Waals surface area (Å²) < 4.78 is 10.6. The summed E-state index contributed by atoms with van der Waals surface area (Å²) in [5.74, 6) is 1.86. The van der Waals surface area contributed by atoms with Crippen molar-refractivity contribution in [1.29, 1.82) is 0 Å². The number of carbonyl (C=O) groups is 2. The Morgan fingerprint density at radius 2 is 2.15 bits per heavy atom. The summed E-state index contributed by atoms with van der Waals surface area (Å²) in [6.07, 6.45) is 4.51. The first kappa shape index (κ1) is 15.3. The van der Waals surface area contributed by atoms with Crippen molar-refractivity contribution in [2.24, 2.45) is 0 Å². The first-order valence-corrected chi connectivity index (χ1v) is 8.73. The summed E-state index contributed by atoms with van der Waals surface area (Å²) in [5.41, 5.74) is 0.841. The zero-order valence-corrected chi connectivity index (χ0v) is 14.0. The lowest BCUT2D eigenvalue weighted by atomic mass is 10.1. The van der Waals surface area contributed by atoms with Gasteiger partial charge in [0, 0.05) is 25.2 Å². The highest BCUT2D eigenvalue weighted by molar-refractivity contribution is 5.99. The van der Waals surface area contributed by atoms with Gasteiger partial charge in [-0.3, -0.25) is 9.59 Å². The molecule has 9 heteroatoms. The predicted octanol–water partition coefficient (Wildman–Crippen LogP) is 1.30. The van der Waals surface area contributed by atoms with Crippen LogP contribution in [0.4, 0.5) is 5.69 Å². The van der Waals surface area contributed by atoms with E-state index in [0.29, 0.717) is 42.0 Å². The van der Waals surface area contributed by atoms with Crippen LogP contribution in [0.3, 0.4) is 0 Å². The highest BCUT2D eigenvalue weighted by Gasteiger charge is 2.34. The van der Waals surface area contributed by atoms with Crippen LogP contribution in [0.15, 0.2) is 16.8 Å². The highest BCUT2D eigenvalue weighted by atomic mass is 16.5. The van der Waals surface area contributed by atoms with Crippen LogP contribution in [0.5, 0.6) is 5.88 Å². The Kier molecular flexibility index (Phi) is 3.41. The van der Waals surface area contributed by atoms with E-state index in [9.17, 15) is 9.59 Å². The molecule has 0 unspecified atom stereocenters. The molecule has 26 heavy (non-hydrogen) atoms. The zero-order chi connectivity index (χ0) is 17.7. The molecule has 2 fully saturated rings. The van der Waals surface area contributed by atoms with Crippen molar-refractivity contribution in [1.82, 2.24) is 20.0 Å². The highest BCUT2D eigenvalue weighted by Crippen LogP contribution is 2.39. The summed E-state index contributed by atoms with van der Waals surface area (Å²) in [5, 5.41) is 6.72. The smallest absolute Gasteiger partial charge is 0.262 e. The molecule has 0 bridgehead atoms. The molecule has 2 aromatic heterocycles. The van der Waals surface area contributed by atoms with E-state index in [1.807, 2.05) is 0 Å². The van der Waals surface area contributed by atoms with Crippen LogP contribution in [0.25, 0.3) is 0 Å². The molecule has 2 aromatic rings. The van der Waals surface area contributed by atoms with Crippen LogP contribution in [0.2, 0.25) is 0 Å². The SMILES string of the molecule is O=C1COc2ncc(C(=O)N3CC[C@H](c4nc(C5CC5)no4)C3)cc2N1. The zero-order valence-electron chi connectivity index (χ0n) is 14.0. The second-order valence-corrected chi connectivity index (χ2v) is 6.92. The molecule has 0 aromatic carbocycles. The number of rotatable bonds is 3. The lowest BCUT2D eigenvalue weighted by Gasteiger charge is -2.19. The number of carbonyl (C=O) groups excluding carboxylic acids is 2. The third-order valence-electron chi connectivity index (χ3n) is 4.94. The number of hydrogen-bond acceptors (Lipinski definition) is 7. The maximum Gasteiger partial charge on any atom is 0.262 e. The Labute approximate surface area is 148 Å². The van der Waals surface area contributed by atoms with E-state index >= 15 is 0 Å². The fourth-order valence-electron chi connectivity index (χ4n) is 3.34. The van der Waals surface area contributed by atoms with Gasteiger partial charge < -0.3 is 19.5 Å². The van der Waals surface area contributed by atoms with Gasteiger partial charge >= 0.3 is 0 Å². The minimum atomic E-state index is -0.256. The van der Waals surface area contributed by atoms with E-state index in [1.165, 1.54) is 6.20 Å². The van der Waals surface area contributed by atoms with E-state index in [1.54, 1.807) is 11.0 Å². The normalized spacial score (nSPS) is 21.9. The molecule has 5 rings (SSSR count). The third kappa shape index (κ3) is 2.69. The van der Waals surface area contributed by atoms with Crippen LogP contribution in [0.1, 0.15) is 53.2 Å². The molecule has 9 nitrogen and oxygen atoms in total. The van der Waals surface area contributed by atoms with Crippen molar-refractivity contribution in [2.75, 3.05) is 25.0 Å². The lowest BCUT2D eigenvalue weighted by Crippen LogP contribution is -2.30. The first-order valence-electron chi connectivity index (χ1n) is 8.73. The number of fused-ring (bicyclic) bond motifs is 1. The number of anilines is 1. The molecular formula is C17H17N5O4. The Morgan fingerprint density at radius 1 is 1.27 bits per heavy atom. The number of pyridine rings is 1. The van der Waals surface area contributed by atoms with E-state index in [0.717, 1.165) is 25.1 Å². The predicted molar refractivity (Wildman–Crippen MR) is 87.9 cm³/mol. The second-order valence-electron chi connectivity index (χ2n) is 6.92. The Morgan fingerprint density at radius 3 is 3.00 bits per heavy atom. The summed E-state index contributed by atoms with van der Waals surface area (Å²) in [6, 6.07) is 1.60. The minimum Gasteiger partial charge on any atom is -0.466 e. The quantitative estimate of drug-likeness (QED) is 0.883. The topological polar surface area (TPSA) is 110 Å². The van der Waals surface area contributed by atoms with Crippen molar-refractivity contribution >= 4 is 17.5 Å². The molecule has 0 spiro atoms. The fraction of sp³-hybridized carbons (Fsp3) is 0.471. The Balaban J connectivity index is 1.30. The van der Waals surface area contributed by atoms with Crippen LogP contribution in [0, 0.1) is 0 Å². The summed E-state index contributed by atoms with van der Waals surface area (Å²) in [7, 11) is 0. The van der Waals surface area contributed by atoms with Gasteiger partial charge in [-0.05, 0) is 25.3 Å². The van der Waals surface area contributed by atoms with Crippen LogP contribution < -0.4 is 10.1 Å². The summed E-state index contributed by atoms with van der Waals surface area (Å²) >= 11 is 0. The largest absolute Gasteiger partial charge is 0.466 e. The molecule has 1 N–H and O–H groups in total. The standard InChI is InChI=1S/C17H17N5O4/c23-13-8-25-16-12(19-13)5-11(6-18-16)17(24)22-4-3-10(7-22)15-20-14(21-26-15)9-1-2-9/h5-6,9-10H,1-4,7-8H2,(H,19,23)/t10-/m0/s1.